The van der Waals surface area contributed by atoms with Crippen LogP contribution in [0.5, 0.6) is 0 Å². The van der Waals surface area contributed by atoms with E-state index in [1.807, 2.05) is 11.6 Å². The van der Waals surface area contributed by atoms with Gasteiger partial charge in [0.25, 0.3) is 0 Å². The molecule has 7 heteroatoms. The summed E-state index contributed by atoms with van der Waals surface area (Å²) in [6.45, 7) is 4.86. The molecular formula is C17H27N5O2. The summed E-state index contributed by atoms with van der Waals surface area (Å²) >= 11 is 0. The second-order valence-corrected chi connectivity index (χ2v) is 7.50. The Labute approximate surface area is 143 Å². The summed E-state index contributed by atoms with van der Waals surface area (Å²) < 4.78 is 7.73. The molecule has 0 spiro atoms. The Morgan fingerprint density at radius 1 is 1.42 bits per heavy atom. The molecule has 7 nitrogen and oxygen atoms in total. The highest BCUT2D eigenvalue weighted by molar-refractivity contribution is 5.79. The van der Waals surface area contributed by atoms with Gasteiger partial charge in [-0.25, -0.2) is 0 Å². The van der Waals surface area contributed by atoms with Crippen molar-refractivity contribution < 1.29 is 9.53 Å². The Kier molecular flexibility index (Phi) is 4.30. The van der Waals surface area contributed by atoms with Crippen molar-refractivity contribution in [3.63, 3.8) is 0 Å². The standard InChI is InChI=1S/C17H27N5O2/c1-12(13-3-4-13)22(14-5-6-14)16(23)10-21-7-8-24-15(9-21)17-19-18-11-20(17)2/h11-15H,3-10H2,1-2H3/t12-,15+/m1/s1. The topological polar surface area (TPSA) is 63.5 Å². The molecule has 1 saturated heterocycles. The molecule has 3 aliphatic rings. The third kappa shape index (κ3) is 3.32. The first-order chi connectivity index (χ1) is 11.6. The van der Waals surface area contributed by atoms with Gasteiger partial charge in [0, 0.05) is 32.2 Å². The molecule has 0 radical (unpaired) electrons. The minimum absolute atomic E-state index is 0.103. The van der Waals surface area contributed by atoms with Gasteiger partial charge < -0.3 is 14.2 Å². The molecule has 2 saturated carbocycles. The van der Waals surface area contributed by atoms with Gasteiger partial charge in [-0.15, -0.1) is 10.2 Å². The average Bonchev–Trinajstić information content (AvgIpc) is 3.46. The first-order valence-electron chi connectivity index (χ1n) is 9.12. The van der Waals surface area contributed by atoms with Crippen LogP contribution in [0.4, 0.5) is 0 Å². The number of nitrogens with zero attached hydrogens (tertiary/aromatic N) is 5. The Balaban J connectivity index is 1.38. The third-order valence-electron chi connectivity index (χ3n) is 5.52. The van der Waals surface area contributed by atoms with Gasteiger partial charge in [-0.05, 0) is 38.5 Å². The molecule has 2 heterocycles. The molecular weight excluding hydrogens is 306 g/mol. The van der Waals surface area contributed by atoms with Gasteiger partial charge in [0.05, 0.1) is 13.2 Å². The van der Waals surface area contributed by atoms with E-state index in [1.165, 1.54) is 25.7 Å². The average molecular weight is 333 g/mol. The zero-order valence-electron chi connectivity index (χ0n) is 14.6. The van der Waals surface area contributed by atoms with Crippen LogP contribution in [0.1, 0.15) is 44.5 Å². The number of carbonyl (C=O) groups excluding carboxylic acids is 1. The van der Waals surface area contributed by atoms with E-state index in [-0.39, 0.29) is 12.0 Å². The van der Waals surface area contributed by atoms with Crippen molar-refractivity contribution in [3.05, 3.63) is 12.2 Å². The molecule has 132 valence electrons. The molecule has 1 aromatic rings. The number of rotatable bonds is 6. The van der Waals surface area contributed by atoms with Crippen LogP contribution < -0.4 is 0 Å². The minimum atomic E-state index is -0.103. The van der Waals surface area contributed by atoms with Crippen LogP contribution in [0.2, 0.25) is 0 Å². The van der Waals surface area contributed by atoms with Crippen LogP contribution in [0.15, 0.2) is 6.33 Å². The summed E-state index contributed by atoms with van der Waals surface area (Å²) in [7, 11) is 1.93. The number of hydrogen-bond donors (Lipinski definition) is 0. The molecule has 0 unspecified atom stereocenters. The number of carbonyl (C=O) groups is 1. The van der Waals surface area contributed by atoms with Crippen molar-refractivity contribution in [2.75, 3.05) is 26.2 Å². The summed E-state index contributed by atoms with van der Waals surface area (Å²) in [5, 5.41) is 8.08. The predicted octanol–water partition coefficient (Wildman–Crippen LogP) is 0.978. The molecule has 24 heavy (non-hydrogen) atoms. The maximum Gasteiger partial charge on any atom is 0.237 e. The summed E-state index contributed by atoms with van der Waals surface area (Å²) in [4.78, 5) is 17.3. The van der Waals surface area contributed by atoms with Crippen molar-refractivity contribution >= 4 is 5.91 Å². The number of aryl methyl sites for hydroxylation is 1. The van der Waals surface area contributed by atoms with Gasteiger partial charge in [0.1, 0.15) is 12.4 Å². The molecule has 0 N–H and O–H groups in total. The highest BCUT2D eigenvalue weighted by Gasteiger charge is 2.42. The molecule has 0 bridgehead atoms. The quantitative estimate of drug-likeness (QED) is 0.776. The van der Waals surface area contributed by atoms with E-state index in [4.69, 9.17) is 4.74 Å². The Morgan fingerprint density at radius 2 is 2.21 bits per heavy atom. The van der Waals surface area contributed by atoms with Crippen molar-refractivity contribution in [2.45, 2.75) is 50.8 Å². The fraction of sp³-hybridized carbons (Fsp3) is 0.824. The van der Waals surface area contributed by atoms with Crippen LogP contribution in [0, 0.1) is 5.92 Å². The zero-order chi connectivity index (χ0) is 16.7. The first kappa shape index (κ1) is 16.0. The number of hydrogen-bond acceptors (Lipinski definition) is 5. The summed E-state index contributed by atoms with van der Waals surface area (Å²) in [6.07, 6.45) is 6.50. The molecule has 0 aromatic carbocycles. The van der Waals surface area contributed by atoms with Gasteiger partial charge in [-0.3, -0.25) is 9.69 Å². The molecule has 1 aromatic heterocycles. The van der Waals surface area contributed by atoms with Gasteiger partial charge in [0.15, 0.2) is 5.82 Å². The van der Waals surface area contributed by atoms with Gasteiger partial charge in [-0.1, -0.05) is 0 Å². The van der Waals surface area contributed by atoms with Crippen LogP contribution in [0.25, 0.3) is 0 Å². The highest BCUT2D eigenvalue weighted by atomic mass is 16.5. The van der Waals surface area contributed by atoms with Crippen molar-refractivity contribution in [3.8, 4) is 0 Å². The van der Waals surface area contributed by atoms with Gasteiger partial charge in [-0.2, -0.15) is 0 Å². The minimum Gasteiger partial charge on any atom is -0.368 e. The third-order valence-corrected chi connectivity index (χ3v) is 5.52. The molecule has 1 amide bonds. The van der Waals surface area contributed by atoms with E-state index in [2.05, 4.69) is 26.9 Å². The van der Waals surface area contributed by atoms with Crippen LogP contribution in [-0.2, 0) is 16.6 Å². The first-order valence-corrected chi connectivity index (χ1v) is 9.12. The Morgan fingerprint density at radius 3 is 2.83 bits per heavy atom. The monoisotopic (exact) mass is 333 g/mol. The largest absolute Gasteiger partial charge is 0.368 e. The summed E-state index contributed by atoms with van der Waals surface area (Å²) in [6, 6.07) is 0.893. The zero-order valence-corrected chi connectivity index (χ0v) is 14.6. The fourth-order valence-corrected chi connectivity index (χ4v) is 3.78. The lowest BCUT2D eigenvalue weighted by molar-refractivity contribution is -0.137. The second kappa shape index (κ2) is 6.44. The van der Waals surface area contributed by atoms with E-state index < -0.39 is 0 Å². The predicted molar refractivity (Wildman–Crippen MR) is 88.2 cm³/mol. The number of aromatic nitrogens is 3. The molecule has 2 atom stereocenters. The number of amides is 1. The maximum absolute atomic E-state index is 12.9. The molecule has 3 fully saturated rings. The molecule has 4 rings (SSSR count). The van der Waals surface area contributed by atoms with Crippen LogP contribution in [-0.4, -0.2) is 68.8 Å². The van der Waals surface area contributed by atoms with Crippen molar-refractivity contribution in [1.82, 2.24) is 24.6 Å². The fourth-order valence-electron chi connectivity index (χ4n) is 3.78. The van der Waals surface area contributed by atoms with E-state index in [9.17, 15) is 4.79 Å². The maximum atomic E-state index is 12.9. The normalized spacial score (nSPS) is 26.3. The van der Waals surface area contributed by atoms with E-state index >= 15 is 0 Å². The molecule has 2 aliphatic carbocycles. The SMILES string of the molecule is C[C@H](C1CC1)N(C(=O)CN1CCO[C@H](c2nncn2C)C1)C1CC1. The summed E-state index contributed by atoms with van der Waals surface area (Å²) in [5.74, 6) is 1.85. The lowest BCUT2D eigenvalue weighted by Crippen LogP contribution is -2.49. The lowest BCUT2D eigenvalue weighted by Gasteiger charge is -2.35. The number of ether oxygens (including phenoxy) is 1. The Hall–Kier alpha value is -1.47. The van der Waals surface area contributed by atoms with E-state index in [1.54, 1.807) is 6.33 Å². The molecule has 1 aliphatic heterocycles. The van der Waals surface area contributed by atoms with Crippen molar-refractivity contribution in [2.24, 2.45) is 13.0 Å². The Bertz CT molecular complexity index is 596. The highest BCUT2D eigenvalue weighted by Crippen LogP contribution is 2.39. The van der Waals surface area contributed by atoms with E-state index in [0.717, 1.165) is 18.3 Å². The number of morpholine rings is 1. The van der Waals surface area contributed by atoms with Crippen LogP contribution in [0.3, 0.4) is 0 Å². The van der Waals surface area contributed by atoms with Crippen molar-refractivity contribution in [1.29, 1.82) is 0 Å². The van der Waals surface area contributed by atoms with Gasteiger partial charge >= 0.3 is 0 Å². The van der Waals surface area contributed by atoms with Gasteiger partial charge in [0.2, 0.25) is 5.91 Å². The van der Waals surface area contributed by atoms with E-state index in [0.29, 0.717) is 31.8 Å². The lowest BCUT2D eigenvalue weighted by atomic mass is 10.1. The smallest absolute Gasteiger partial charge is 0.237 e. The second-order valence-electron chi connectivity index (χ2n) is 7.50. The van der Waals surface area contributed by atoms with Crippen LogP contribution >= 0.6 is 0 Å². The summed E-state index contributed by atoms with van der Waals surface area (Å²) in [5.41, 5.74) is 0.